The minimum absolute atomic E-state index is 0.587. The van der Waals surface area contributed by atoms with Gasteiger partial charge in [0.1, 0.15) is 0 Å². The summed E-state index contributed by atoms with van der Waals surface area (Å²) in [5, 5.41) is 0. The average Bonchev–Trinajstić information content (AvgIpc) is 2.19. The second-order valence-corrected chi connectivity index (χ2v) is 2.92. The molecule has 1 aromatic rings. The molecule has 0 saturated carbocycles. The van der Waals surface area contributed by atoms with Gasteiger partial charge in [0, 0.05) is 5.56 Å². The molecule has 0 amide bonds. The first-order chi connectivity index (χ1) is 7.29. The fourth-order valence-electron chi connectivity index (χ4n) is 1.12. The van der Waals surface area contributed by atoms with Gasteiger partial charge in [0.15, 0.2) is 11.6 Å². The number of hydrogen-bond donors (Lipinski definition) is 0. The van der Waals surface area contributed by atoms with Crippen molar-refractivity contribution >= 4 is 5.57 Å². The molecular formula is C10H7F5O. The summed E-state index contributed by atoms with van der Waals surface area (Å²) in [6.07, 6.45) is -4.72. The third-order valence-electron chi connectivity index (χ3n) is 1.92. The number of halogens is 5. The Morgan fingerprint density at radius 2 is 1.81 bits per heavy atom. The zero-order valence-electron chi connectivity index (χ0n) is 8.16. The Labute approximate surface area is 88.1 Å². The van der Waals surface area contributed by atoms with E-state index < -0.39 is 34.7 Å². The van der Waals surface area contributed by atoms with Crippen LogP contribution in [-0.4, -0.2) is 13.3 Å². The van der Waals surface area contributed by atoms with Crippen LogP contribution in [0.15, 0.2) is 18.7 Å². The van der Waals surface area contributed by atoms with Gasteiger partial charge in [-0.15, -0.1) is 0 Å². The summed E-state index contributed by atoms with van der Waals surface area (Å²) < 4.78 is 67.2. The molecule has 0 saturated heterocycles. The molecule has 0 radical (unpaired) electrons. The van der Waals surface area contributed by atoms with E-state index in [-0.39, 0.29) is 0 Å². The maximum atomic E-state index is 13.1. The molecule has 1 nitrogen and oxygen atoms in total. The van der Waals surface area contributed by atoms with Gasteiger partial charge in [0.05, 0.1) is 12.7 Å². The van der Waals surface area contributed by atoms with E-state index in [4.69, 9.17) is 0 Å². The first-order valence-corrected chi connectivity index (χ1v) is 4.07. The molecule has 0 spiro atoms. The van der Waals surface area contributed by atoms with Crippen LogP contribution in [0.25, 0.3) is 5.57 Å². The van der Waals surface area contributed by atoms with Crippen LogP contribution in [0.5, 0.6) is 5.75 Å². The Bertz CT molecular complexity index is 422. The van der Waals surface area contributed by atoms with E-state index >= 15 is 0 Å². The Kier molecular flexibility index (Phi) is 3.21. The van der Waals surface area contributed by atoms with E-state index in [1.165, 1.54) is 0 Å². The molecule has 6 heteroatoms. The molecule has 0 N–H and O–H groups in total. The van der Waals surface area contributed by atoms with Crippen molar-refractivity contribution in [2.75, 3.05) is 7.11 Å². The molecule has 0 heterocycles. The van der Waals surface area contributed by atoms with Gasteiger partial charge < -0.3 is 4.74 Å². The monoisotopic (exact) mass is 238 g/mol. The van der Waals surface area contributed by atoms with Crippen LogP contribution in [-0.2, 0) is 0 Å². The van der Waals surface area contributed by atoms with Gasteiger partial charge in [-0.2, -0.15) is 17.6 Å². The Balaban J connectivity index is 3.36. The lowest BCUT2D eigenvalue weighted by molar-refractivity contribution is -0.0688. The molecule has 0 aromatic heterocycles. The van der Waals surface area contributed by atoms with Gasteiger partial charge in [-0.3, -0.25) is 0 Å². The Hall–Kier alpha value is -1.59. The van der Waals surface area contributed by atoms with E-state index in [1.807, 2.05) is 0 Å². The minimum Gasteiger partial charge on any atom is -0.493 e. The Morgan fingerprint density at radius 3 is 2.25 bits per heavy atom. The van der Waals surface area contributed by atoms with Gasteiger partial charge in [0.2, 0.25) is 5.82 Å². The molecule has 0 aliphatic heterocycles. The van der Waals surface area contributed by atoms with E-state index in [2.05, 4.69) is 11.3 Å². The van der Waals surface area contributed by atoms with E-state index in [9.17, 15) is 22.0 Å². The summed E-state index contributed by atoms with van der Waals surface area (Å²) in [4.78, 5) is 0. The van der Waals surface area contributed by atoms with Crippen LogP contribution in [0.2, 0.25) is 0 Å². The molecule has 1 rings (SSSR count). The third kappa shape index (κ3) is 2.15. The lowest BCUT2D eigenvalue weighted by atomic mass is 10.1. The van der Waals surface area contributed by atoms with Crippen molar-refractivity contribution in [3.8, 4) is 5.75 Å². The smallest absolute Gasteiger partial charge is 0.416 e. The summed E-state index contributed by atoms with van der Waals surface area (Å²) in [7, 11) is 0.949. The zero-order valence-corrected chi connectivity index (χ0v) is 8.16. The van der Waals surface area contributed by atoms with E-state index in [0.717, 1.165) is 13.2 Å². The second kappa shape index (κ2) is 4.11. The molecule has 0 bridgehead atoms. The first-order valence-electron chi connectivity index (χ1n) is 4.07. The first kappa shape index (κ1) is 12.5. The fourth-order valence-corrected chi connectivity index (χ4v) is 1.12. The number of allylic oxidation sites excluding steroid dienone is 1. The molecule has 0 aliphatic rings. The summed E-state index contributed by atoms with van der Waals surface area (Å²) in [6.45, 7) is 2.78. The molecule has 0 atom stereocenters. The predicted octanol–water partition coefficient (Wildman–Crippen LogP) is 3.55. The normalized spacial score (nSPS) is 11.4. The van der Waals surface area contributed by atoms with Crippen LogP contribution < -0.4 is 4.74 Å². The number of methoxy groups -OCH3 is 1. The average molecular weight is 238 g/mol. The van der Waals surface area contributed by atoms with Crippen molar-refractivity contribution in [1.82, 2.24) is 0 Å². The van der Waals surface area contributed by atoms with Gasteiger partial charge in [0.25, 0.3) is 0 Å². The summed E-state index contributed by atoms with van der Waals surface area (Å²) in [6, 6.07) is 1.36. The second-order valence-electron chi connectivity index (χ2n) is 2.92. The molecule has 0 aliphatic carbocycles. The number of hydrogen-bond acceptors (Lipinski definition) is 1. The maximum Gasteiger partial charge on any atom is 0.416 e. The predicted molar refractivity (Wildman–Crippen MR) is 48.0 cm³/mol. The van der Waals surface area contributed by atoms with Crippen molar-refractivity contribution in [3.05, 3.63) is 35.9 Å². The summed E-state index contributed by atoms with van der Waals surface area (Å²) in [5.41, 5.74) is -1.91. The minimum atomic E-state index is -4.72. The fraction of sp³-hybridized carbons (Fsp3) is 0.200. The third-order valence-corrected chi connectivity index (χ3v) is 1.92. The topological polar surface area (TPSA) is 9.23 Å². The van der Waals surface area contributed by atoms with Crippen molar-refractivity contribution in [2.24, 2.45) is 0 Å². The number of alkyl halides is 3. The standard InChI is InChI=1S/C10H7F5O/c1-5(10(13,14)15)6-3-4-7(11)8(12)9(6)16-2/h3-4H,1H2,2H3. The largest absolute Gasteiger partial charge is 0.493 e. The van der Waals surface area contributed by atoms with Crippen LogP contribution in [0.4, 0.5) is 22.0 Å². The van der Waals surface area contributed by atoms with E-state index in [0.29, 0.717) is 6.07 Å². The molecule has 16 heavy (non-hydrogen) atoms. The molecule has 0 unspecified atom stereocenters. The number of ether oxygens (including phenoxy) is 1. The number of rotatable bonds is 2. The highest BCUT2D eigenvalue weighted by Gasteiger charge is 2.35. The van der Waals surface area contributed by atoms with Gasteiger partial charge in [-0.1, -0.05) is 6.58 Å². The van der Waals surface area contributed by atoms with Crippen LogP contribution in [0.3, 0.4) is 0 Å². The maximum absolute atomic E-state index is 13.1. The molecule has 1 aromatic carbocycles. The highest BCUT2D eigenvalue weighted by molar-refractivity contribution is 5.72. The number of benzene rings is 1. The molecular weight excluding hydrogens is 231 g/mol. The highest BCUT2D eigenvalue weighted by atomic mass is 19.4. The van der Waals surface area contributed by atoms with Gasteiger partial charge >= 0.3 is 6.18 Å². The lowest BCUT2D eigenvalue weighted by Crippen LogP contribution is -2.11. The van der Waals surface area contributed by atoms with Crippen molar-refractivity contribution in [2.45, 2.75) is 6.18 Å². The SMILES string of the molecule is C=C(c1ccc(F)c(F)c1OC)C(F)(F)F. The van der Waals surface area contributed by atoms with Crippen LogP contribution in [0, 0.1) is 11.6 Å². The quantitative estimate of drug-likeness (QED) is 0.716. The van der Waals surface area contributed by atoms with Crippen molar-refractivity contribution < 1.29 is 26.7 Å². The summed E-state index contributed by atoms with van der Waals surface area (Å²) >= 11 is 0. The molecule has 88 valence electrons. The van der Waals surface area contributed by atoms with Crippen LogP contribution in [0.1, 0.15) is 5.56 Å². The molecule has 0 fully saturated rings. The summed E-state index contributed by atoms with van der Waals surface area (Å²) in [5.74, 6) is -3.55. The zero-order chi connectivity index (χ0) is 12.5. The van der Waals surface area contributed by atoms with Crippen molar-refractivity contribution in [3.63, 3.8) is 0 Å². The Morgan fingerprint density at radius 1 is 1.25 bits per heavy atom. The van der Waals surface area contributed by atoms with Crippen molar-refractivity contribution in [1.29, 1.82) is 0 Å². The van der Waals surface area contributed by atoms with E-state index in [1.54, 1.807) is 0 Å². The highest BCUT2D eigenvalue weighted by Crippen LogP contribution is 2.38. The van der Waals surface area contributed by atoms with Gasteiger partial charge in [-0.25, -0.2) is 4.39 Å². The van der Waals surface area contributed by atoms with Gasteiger partial charge in [-0.05, 0) is 12.1 Å². The van der Waals surface area contributed by atoms with Crippen LogP contribution >= 0.6 is 0 Å². The lowest BCUT2D eigenvalue weighted by Gasteiger charge is -2.14.